The predicted molar refractivity (Wildman–Crippen MR) is 79.7 cm³/mol. The quantitative estimate of drug-likeness (QED) is 0.678. The first-order valence-corrected chi connectivity index (χ1v) is 8.48. The van der Waals surface area contributed by atoms with Crippen molar-refractivity contribution in [2.45, 2.75) is 64.5 Å². The zero-order valence-electron chi connectivity index (χ0n) is 11.7. The molecule has 0 aromatic heterocycles. The Bertz CT molecular complexity index is 187. The van der Waals surface area contributed by atoms with E-state index in [-0.39, 0.29) is 0 Å². The lowest BCUT2D eigenvalue weighted by atomic mass is 10.0. The number of hydrogen-bond acceptors (Lipinski definition) is 3. The second-order valence-corrected chi connectivity index (χ2v) is 6.40. The number of rotatable bonds is 8. The summed E-state index contributed by atoms with van der Waals surface area (Å²) in [5.41, 5.74) is 5.96. The van der Waals surface area contributed by atoms with Crippen LogP contribution in [0.3, 0.4) is 0 Å². The molecule has 0 spiro atoms. The molecule has 2 atom stereocenters. The number of nitrogens with two attached hydrogens (primary N) is 1. The summed E-state index contributed by atoms with van der Waals surface area (Å²) in [6, 6.07) is 1.35. The third-order valence-corrected chi connectivity index (χ3v) is 4.99. The molecular formula is C14H30N2S. The lowest BCUT2D eigenvalue weighted by Gasteiger charge is -2.39. The summed E-state index contributed by atoms with van der Waals surface area (Å²) >= 11 is 2.09. The van der Waals surface area contributed by atoms with Crippen LogP contribution in [-0.2, 0) is 0 Å². The predicted octanol–water partition coefficient (Wildman–Crippen LogP) is 3.11. The molecule has 0 amide bonds. The molecule has 2 nitrogen and oxygen atoms in total. The van der Waals surface area contributed by atoms with Crippen molar-refractivity contribution < 1.29 is 0 Å². The Morgan fingerprint density at radius 2 is 2.06 bits per heavy atom. The lowest BCUT2D eigenvalue weighted by molar-refractivity contribution is 0.154. The van der Waals surface area contributed by atoms with E-state index in [2.05, 4.69) is 30.5 Å². The molecule has 1 heterocycles. The molecule has 102 valence electrons. The van der Waals surface area contributed by atoms with Crippen molar-refractivity contribution in [2.75, 3.05) is 24.6 Å². The van der Waals surface area contributed by atoms with E-state index in [1.54, 1.807) is 0 Å². The van der Waals surface area contributed by atoms with Crippen LogP contribution in [0.15, 0.2) is 0 Å². The van der Waals surface area contributed by atoms with Gasteiger partial charge in [0.2, 0.25) is 0 Å². The van der Waals surface area contributed by atoms with Crippen molar-refractivity contribution in [1.82, 2.24) is 4.90 Å². The average Bonchev–Trinajstić information content (AvgIpc) is 2.35. The molecular weight excluding hydrogens is 228 g/mol. The number of unbranched alkanes of at least 4 members (excludes halogenated alkanes) is 4. The van der Waals surface area contributed by atoms with Crippen molar-refractivity contribution in [2.24, 2.45) is 5.73 Å². The smallest absolute Gasteiger partial charge is 0.0221 e. The van der Waals surface area contributed by atoms with E-state index in [1.165, 1.54) is 56.6 Å². The minimum atomic E-state index is 0.632. The van der Waals surface area contributed by atoms with Gasteiger partial charge in [-0.3, -0.25) is 4.90 Å². The lowest BCUT2D eigenvalue weighted by Crippen LogP contribution is -2.49. The summed E-state index contributed by atoms with van der Waals surface area (Å²) in [6.07, 6.45) is 8.18. The SMILES string of the molecule is CCCCCCCC(CN)N1CCSCC1C. The molecule has 2 N–H and O–H groups in total. The molecule has 1 aliphatic rings. The van der Waals surface area contributed by atoms with Gasteiger partial charge in [0.1, 0.15) is 0 Å². The molecule has 0 aromatic rings. The van der Waals surface area contributed by atoms with Gasteiger partial charge in [-0.1, -0.05) is 39.0 Å². The monoisotopic (exact) mass is 258 g/mol. The van der Waals surface area contributed by atoms with Crippen molar-refractivity contribution in [3.8, 4) is 0 Å². The summed E-state index contributed by atoms with van der Waals surface area (Å²) in [5.74, 6) is 2.57. The van der Waals surface area contributed by atoms with Crippen molar-refractivity contribution in [3.05, 3.63) is 0 Å². The molecule has 0 aliphatic carbocycles. The van der Waals surface area contributed by atoms with Crippen LogP contribution in [0.1, 0.15) is 52.4 Å². The highest BCUT2D eigenvalue weighted by Crippen LogP contribution is 2.21. The van der Waals surface area contributed by atoms with Crippen molar-refractivity contribution >= 4 is 11.8 Å². The van der Waals surface area contributed by atoms with Crippen LogP contribution in [0.4, 0.5) is 0 Å². The average molecular weight is 258 g/mol. The first-order valence-electron chi connectivity index (χ1n) is 7.33. The molecule has 1 rings (SSSR count). The fourth-order valence-corrected chi connectivity index (χ4v) is 3.72. The third kappa shape index (κ3) is 5.62. The van der Waals surface area contributed by atoms with E-state index in [1.807, 2.05) is 0 Å². The van der Waals surface area contributed by atoms with Gasteiger partial charge in [-0.2, -0.15) is 11.8 Å². The van der Waals surface area contributed by atoms with Gasteiger partial charge in [-0.15, -0.1) is 0 Å². The molecule has 2 unspecified atom stereocenters. The largest absolute Gasteiger partial charge is 0.329 e. The second-order valence-electron chi connectivity index (χ2n) is 5.25. The summed E-state index contributed by atoms with van der Waals surface area (Å²) in [4.78, 5) is 2.65. The van der Waals surface area contributed by atoms with Gasteiger partial charge < -0.3 is 5.73 Å². The Morgan fingerprint density at radius 3 is 2.71 bits per heavy atom. The summed E-state index contributed by atoms with van der Waals surface area (Å²) in [5, 5.41) is 0. The Morgan fingerprint density at radius 1 is 1.29 bits per heavy atom. The Labute approximate surface area is 112 Å². The first-order chi connectivity index (χ1) is 8.29. The summed E-state index contributed by atoms with van der Waals surface area (Å²) in [7, 11) is 0. The fourth-order valence-electron chi connectivity index (χ4n) is 2.69. The Kier molecular flexibility index (Phi) is 8.33. The van der Waals surface area contributed by atoms with Crippen molar-refractivity contribution in [1.29, 1.82) is 0 Å². The van der Waals surface area contributed by atoms with E-state index >= 15 is 0 Å². The Balaban J connectivity index is 2.21. The van der Waals surface area contributed by atoms with Crippen LogP contribution in [0.5, 0.6) is 0 Å². The molecule has 0 bridgehead atoms. The maximum atomic E-state index is 5.96. The highest BCUT2D eigenvalue weighted by Gasteiger charge is 2.24. The summed E-state index contributed by atoms with van der Waals surface area (Å²) in [6.45, 7) is 6.70. The number of hydrogen-bond donors (Lipinski definition) is 1. The van der Waals surface area contributed by atoms with Crippen LogP contribution < -0.4 is 5.73 Å². The molecule has 0 radical (unpaired) electrons. The van der Waals surface area contributed by atoms with Gasteiger partial charge in [0.15, 0.2) is 0 Å². The van der Waals surface area contributed by atoms with Crippen LogP contribution in [0.25, 0.3) is 0 Å². The normalized spacial score (nSPS) is 23.8. The van der Waals surface area contributed by atoms with Gasteiger partial charge in [0.05, 0.1) is 0 Å². The fraction of sp³-hybridized carbons (Fsp3) is 1.00. The van der Waals surface area contributed by atoms with E-state index in [9.17, 15) is 0 Å². The van der Waals surface area contributed by atoms with Crippen LogP contribution in [0.2, 0.25) is 0 Å². The minimum absolute atomic E-state index is 0.632. The van der Waals surface area contributed by atoms with Gasteiger partial charge in [0.25, 0.3) is 0 Å². The topological polar surface area (TPSA) is 29.3 Å². The minimum Gasteiger partial charge on any atom is -0.329 e. The van der Waals surface area contributed by atoms with E-state index in [4.69, 9.17) is 5.73 Å². The maximum absolute atomic E-state index is 5.96. The van der Waals surface area contributed by atoms with Gasteiger partial charge in [-0.25, -0.2) is 0 Å². The Hall–Kier alpha value is 0.270. The van der Waals surface area contributed by atoms with E-state index in [0.717, 1.165) is 12.6 Å². The summed E-state index contributed by atoms with van der Waals surface area (Å²) < 4.78 is 0. The first kappa shape index (κ1) is 15.3. The van der Waals surface area contributed by atoms with E-state index < -0.39 is 0 Å². The second kappa shape index (κ2) is 9.23. The van der Waals surface area contributed by atoms with Crippen LogP contribution in [0, 0.1) is 0 Å². The number of thioether (sulfide) groups is 1. The molecule has 0 saturated carbocycles. The van der Waals surface area contributed by atoms with Crippen LogP contribution >= 0.6 is 11.8 Å². The molecule has 0 aromatic carbocycles. The molecule has 1 saturated heterocycles. The highest BCUT2D eigenvalue weighted by molar-refractivity contribution is 7.99. The third-order valence-electron chi connectivity index (χ3n) is 3.80. The molecule has 1 fully saturated rings. The zero-order valence-corrected chi connectivity index (χ0v) is 12.5. The molecule has 3 heteroatoms. The van der Waals surface area contributed by atoms with Gasteiger partial charge >= 0.3 is 0 Å². The molecule has 17 heavy (non-hydrogen) atoms. The van der Waals surface area contributed by atoms with Crippen LogP contribution in [-0.4, -0.2) is 41.6 Å². The maximum Gasteiger partial charge on any atom is 0.0221 e. The molecule has 1 aliphatic heterocycles. The standard InChI is InChI=1S/C14H30N2S/c1-3-4-5-6-7-8-14(11-15)16-9-10-17-12-13(16)2/h13-14H,3-12,15H2,1-2H3. The van der Waals surface area contributed by atoms with Gasteiger partial charge in [-0.05, 0) is 13.3 Å². The zero-order chi connectivity index (χ0) is 12.5. The van der Waals surface area contributed by atoms with Gasteiger partial charge in [0, 0.05) is 36.7 Å². The highest BCUT2D eigenvalue weighted by atomic mass is 32.2. The van der Waals surface area contributed by atoms with E-state index in [0.29, 0.717) is 6.04 Å². The number of nitrogens with zero attached hydrogens (tertiary/aromatic N) is 1. The van der Waals surface area contributed by atoms with Crippen molar-refractivity contribution in [3.63, 3.8) is 0 Å².